The summed E-state index contributed by atoms with van der Waals surface area (Å²) in [4.78, 5) is 0. The Morgan fingerprint density at radius 2 is 1.88 bits per heavy atom. The van der Waals surface area contributed by atoms with Gasteiger partial charge in [-0.2, -0.15) is 0 Å². The Morgan fingerprint density at radius 3 is 2.64 bits per heavy atom. The number of aliphatic hydroxyl groups excluding tert-OH is 1. The van der Waals surface area contributed by atoms with Crippen LogP contribution in [0.3, 0.4) is 0 Å². The maximum Gasteiger partial charge on any atom is 0.0578 e. The van der Waals surface area contributed by atoms with Gasteiger partial charge in [0, 0.05) is 0 Å². The maximum atomic E-state index is 10.1. The third kappa shape index (κ3) is 2.52. The number of fused-ring (bicyclic) bond motifs is 5. The zero-order chi connectivity index (χ0) is 17.8. The summed E-state index contributed by atoms with van der Waals surface area (Å²) in [7, 11) is 0. The van der Waals surface area contributed by atoms with Gasteiger partial charge in [-0.1, -0.05) is 56.2 Å². The van der Waals surface area contributed by atoms with Crippen LogP contribution >= 0.6 is 0 Å². The monoisotopic (exact) mass is 340 g/mol. The predicted octanol–water partition coefficient (Wildman–Crippen LogP) is 6.06. The van der Waals surface area contributed by atoms with Crippen LogP contribution in [0.1, 0.15) is 72.6 Å². The zero-order valence-corrected chi connectivity index (χ0v) is 16.6. The lowest BCUT2D eigenvalue weighted by Gasteiger charge is -2.55. The van der Waals surface area contributed by atoms with E-state index in [1.54, 1.807) is 5.57 Å². The zero-order valence-electron chi connectivity index (χ0n) is 16.6. The van der Waals surface area contributed by atoms with E-state index in [-0.39, 0.29) is 6.10 Å². The Labute approximate surface area is 154 Å². The molecule has 4 rings (SSSR count). The lowest BCUT2D eigenvalue weighted by molar-refractivity contribution is 0.0383. The van der Waals surface area contributed by atoms with Crippen molar-refractivity contribution in [2.75, 3.05) is 0 Å². The molecule has 4 aliphatic carbocycles. The van der Waals surface area contributed by atoms with Gasteiger partial charge in [0.05, 0.1) is 6.10 Å². The molecular formula is C24H36O. The summed E-state index contributed by atoms with van der Waals surface area (Å²) >= 11 is 0. The molecule has 1 N–H and O–H groups in total. The first-order valence-electron chi connectivity index (χ1n) is 10.6. The van der Waals surface area contributed by atoms with Crippen molar-refractivity contribution in [2.24, 2.45) is 34.5 Å². The maximum absolute atomic E-state index is 10.1. The highest BCUT2D eigenvalue weighted by Gasteiger charge is 2.56. The van der Waals surface area contributed by atoms with Gasteiger partial charge in [-0.25, -0.2) is 0 Å². The second-order valence-electron chi connectivity index (χ2n) is 9.89. The van der Waals surface area contributed by atoms with Crippen LogP contribution in [0, 0.1) is 34.5 Å². The van der Waals surface area contributed by atoms with Gasteiger partial charge < -0.3 is 5.11 Å². The molecule has 3 saturated carbocycles. The van der Waals surface area contributed by atoms with Crippen molar-refractivity contribution in [1.29, 1.82) is 0 Å². The Balaban J connectivity index is 1.67. The minimum absolute atomic E-state index is 0.110. The number of hydrogen-bond acceptors (Lipinski definition) is 1. The minimum Gasteiger partial charge on any atom is -0.393 e. The Hall–Kier alpha value is -0.820. The van der Waals surface area contributed by atoms with Crippen molar-refractivity contribution in [3.8, 4) is 0 Å². The number of aliphatic hydroxyl groups is 1. The fraction of sp³-hybridized carbons (Fsp3) is 0.750. The number of allylic oxidation sites excluding steroid dienone is 5. The molecule has 25 heavy (non-hydrogen) atoms. The van der Waals surface area contributed by atoms with Crippen LogP contribution in [0.25, 0.3) is 0 Å². The molecular weight excluding hydrogens is 304 g/mol. The smallest absolute Gasteiger partial charge is 0.0578 e. The van der Waals surface area contributed by atoms with Crippen molar-refractivity contribution >= 4 is 0 Å². The molecule has 3 fully saturated rings. The second-order valence-corrected chi connectivity index (χ2v) is 9.89. The fourth-order valence-electron chi connectivity index (χ4n) is 7.33. The highest BCUT2D eigenvalue weighted by atomic mass is 16.3. The SMILES string of the molecule is CC=CC(C)C1CCC2C3=CC=C4CC(O)CCC4(C)C3CCC21C. The van der Waals surface area contributed by atoms with Crippen LogP contribution in [-0.2, 0) is 0 Å². The molecule has 138 valence electrons. The van der Waals surface area contributed by atoms with Gasteiger partial charge in [0.25, 0.3) is 0 Å². The van der Waals surface area contributed by atoms with Crippen molar-refractivity contribution in [2.45, 2.75) is 78.7 Å². The topological polar surface area (TPSA) is 20.2 Å². The van der Waals surface area contributed by atoms with E-state index in [1.807, 2.05) is 0 Å². The molecule has 0 aromatic rings. The first-order chi connectivity index (χ1) is 11.9. The summed E-state index contributed by atoms with van der Waals surface area (Å²) in [5, 5.41) is 10.1. The van der Waals surface area contributed by atoms with Gasteiger partial charge in [0.1, 0.15) is 0 Å². The van der Waals surface area contributed by atoms with E-state index in [0.29, 0.717) is 16.7 Å². The van der Waals surface area contributed by atoms with E-state index < -0.39 is 0 Å². The average molecular weight is 341 g/mol. The lowest BCUT2D eigenvalue weighted by atomic mass is 9.50. The molecule has 0 aromatic heterocycles. The molecule has 1 heteroatoms. The van der Waals surface area contributed by atoms with E-state index in [1.165, 1.54) is 37.7 Å². The van der Waals surface area contributed by atoms with Gasteiger partial charge in [0.2, 0.25) is 0 Å². The first kappa shape index (κ1) is 17.6. The molecule has 0 spiro atoms. The molecule has 7 unspecified atom stereocenters. The van der Waals surface area contributed by atoms with Crippen LogP contribution in [0.5, 0.6) is 0 Å². The molecule has 0 saturated heterocycles. The largest absolute Gasteiger partial charge is 0.393 e. The van der Waals surface area contributed by atoms with E-state index in [9.17, 15) is 5.11 Å². The van der Waals surface area contributed by atoms with Gasteiger partial charge in [-0.05, 0) is 86.4 Å². The molecule has 4 aliphatic rings. The summed E-state index contributed by atoms with van der Waals surface area (Å²) in [6.45, 7) is 9.69. The highest BCUT2D eigenvalue weighted by Crippen LogP contribution is 2.65. The highest BCUT2D eigenvalue weighted by molar-refractivity contribution is 5.38. The molecule has 0 amide bonds. The van der Waals surface area contributed by atoms with Crippen LogP contribution in [0.15, 0.2) is 35.5 Å². The summed E-state index contributed by atoms with van der Waals surface area (Å²) in [5.41, 5.74) is 4.10. The summed E-state index contributed by atoms with van der Waals surface area (Å²) < 4.78 is 0. The first-order valence-corrected chi connectivity index (χ1v) is 10.6. The summed E-state index contributed by atoms with van der Waals surface area (Å²) in [6.07, 6.45) is 18.0. The molecule has 0 bridgehead atoms. The van der Waals surface area contributed by atoms with E-state index >= 15 is 0 Å². The van der Waals surface area contributed by atoms with Crippen LogP contribution < -0.4 is 0 Å². The van der Waals surface area contributed by atoms with Gasteiger partial charge in [-0.3, -0.25) is 0 Å². The fourth-order valence-corrected chi connectivity index (χ4v) is 7.33. The van der Waals surface area contributed by atoms with Crippen molar-refractivity contribution in [3.63, 3.8) is 0 Å². The van der Waals surface area contributed by atoms with Crippen LogP contribution in [-0.4, -0.2) is 11.2 Å². The molecule has 7 atom stereocenters. The number of rotatable bonds is 2. The quantitative estimate of drug-likeness (QED) is 0.606. The van der Waals surface area contributed by atoms with E-state index in [2.05, 4.69) is 52.0 Å². The Morgan fingerprint density at radius 1 is 1.08 bits per heavy atom. The molecule has 0 radical (unpaired) electrons. The second kappa shape index (κ2) is 6.12. The minimum atomic E-state index is -0.110. The summed E-state index contributed by atoms with van der Waals surface area (Å²) in [5.74, 6) is 3.05. The predicted molar refractivity (Wildman–Crippen MR) is 105 cm³/mol. The normalized spacial score (nSPS) is 47.6. The third-order valence-electron chi connectivity index (χ3n) is 8.75. The summed E-state index contributed by atoms with van der Waals surface area (Å²) in [6, 6.07) is 0. The third-order valence-corrected chi connectivity index (χ3v) is 8.75. The van der Waals surface area contributed by atoms with E-state index in [0.717, 1.165) is 30.6 Å². The average Bonchev–Trinajstić information content (AvgIpc) is 2.93. The van der Waals surface area contributed by atoms with Crippen LogP contribution in [0.4, 0.5) is 0 Å². The van der Waals surface area contributed by atoms with Gasteiger partial charge >= 0.3 is 0 Å². The van der Waals surface area contributed by atoms with E-state index in [4.69, 9.17) is 0 Å². The Kier molecular flexibility index (Phi) is 4.30. The molecule has 1 nitrogen and oxygen atoms in total. The van der Waals surface area contributed by atoms with Crippen molar-refractivity contribution < 1.29 is 5.11 Å². The van der Waals surface area contributed by atoms with Crippen molar-refractivity contribution in [3.05, 3.63) is 35.5 Å². The van der Waals surface area contributed by atoms with Crippen molar-refractivity contribution in [1.82, 2.24) is 0 Å². The van der Waals surface area contributed by atoms with Gasteiger partial charge in [0.15, 0.2) is 0 Å². The lowest BCUT2D eigenvalue weighted by Crippen LogP contribution is -2.46. The molecule has 0 aromatic carbocycles. The molecule has 0 heterocycles. The van der Waals surface area contributed by atoms with Crippen LogP contribution in [0.2, 0.25) is 0 Å². The van der Waals surface area contributed by atoms with Gasteiger partial charge in [-0.15, -0.1) is 0 Å². The Bertz CT molecular complexity index is 626. The molecule has 0 aliphatic heterocycles. The number of hydrogen-bond donors (Lipinski definition) is 1. The standard InChI is InChI=1S/C24H36O/c1-5-6-16(2)20-9-10-21-19-8-7-17-15-18(25)11-13-23(17,3)22(19)12-14-24(20,21)4/h5-8,16,18,20-22,25H,9-15H2,1-4H3.